The van der Waals surface area contributed by atoms with Gasteiger partial charge in [-0.05, 0) is 39.2 Å². The fourth-order valence-corrected chi connectivity index (χ4v) is 2.45. The van der Waals surface area contributed by atoms with Gasteiger partial charge in [0, 0.05) is 31.9 Å². The average molecular weight is 307 g/mol. The Morgan fingerprint density at radius 1 is 1.23 bits per heavy atom. The molecule has 126 valence electrons. The molecule has 0 bridgehead atoms. The second kappa shape index (κ2) is 10.2. The molecule has 0 amide bonds. The molecule has 0 aliphatic heterocycles. The van der Waals surface area contributed by atoms with Crippen LogP contribution in [-0.4, -0.2) is 35.4 Å². The van der Waals surface area contributed by atoms with E-state index < -0.39 is 0 Å². The molecule has 1 aromatic heterocycles. The normalized spacial score (nSPS) is 12.0. The van der Waals surface area contributed by atoms with Crippen LogP contribution in [0, 0.1) is 19.8 Å². The molecule has 5 nitrogen and oxygen atoms in total. The molecule has 0 aromatic carbocycles. The maximum absolute atomic E-state index is 4.69. The molecule has 1 aromatic rings. The van der Waals surface area contributed by atoms with Gasteiger partial charge in [-0.3, -0.25) is 9.67 Å². The van der Waals surface area contributed by atoms with Gasteiger partial charge < -0.3 is 10.6 Å². The third-order valence-corrected chi connectivity index (χ3v) is 3.95. The van der Waals surface area contributed by atoms with E-state index in [0.29, 0.717) is 5.92 Å². The van der Waals surface area contributed by atoms with Crippen LogP contribution in [0.5, 0.6) is 0 Å². The SMILES string of the molecule is CCNC(=NCC(CC)CC)NCCCn1nc(C)cc1C. The number of aliphatic imine (C=N–C) groups is 1. The van der Waals surface area contributed by atoms with Crippen molar-refractivity contribution in [3.05, 3.63) is 17.5 Å². The van der Waals surface area contributed by atoms with Crippen molar-refractivity contribution in [1.29, 1.82) is 0 Å². The summed E-state index contributed by atoms with van der Waals surface area (Å²) in [5, 5.41) is 11.2. The molecule has 22 heavy (non-hydrogen) atoms. The monoisotopic (exact) mass is 307 g/mol. The Morgan fingerprint density at radius 2 is 1.95 bits per heavy atom. The topological polar surface area (TPSA) is 54.2 Å². The van der Waals surface area contributed by atoms with Crippen LogP contribution in [0.15, 0.2) is 11.1 Å². The zero-order chi connectivity index (χ0) is 16.4. The Bertz CT molecular complexity index is 446. The first-order valence-electron chi connectivity index (χ1n) is 8.63. The van der Waals surface area contributed by atoms with Crippen molar-refractivity contribution < 1.29 is 0 Å². The second-order valence-corrected chi connectivity index (χ2v) is 5.83. The lowest BCUT2D eigenvalue weighted by Gasteiger charge is -2.14. The quantitative estimate of drug-likeness (QED) is 0.419. The number of nitrogens with one attached hydrogen (secondary N) is 2. The minimum absolute atomic E-state index is 0.685. The van der Waals surface area contributed by atoms with Crippen LogP contribution in [0.1, 0.15) is 51.4 Å². The lowest BCUT2D eigenvalue weighted by Crippen LogP contribution is -2.38. The van der Waals surface area contributed by atoms with E-state index in [2.05, 4.69) is 54.2 Å². The largest absolute Gasteiger partial charge is 0.357 e. The van der Waals surface area contributed by atoms with Crippen LogP contribution in [0.25, 0.3) is 0 Å². The summed E-state index contributed by atoms with van der Waals surface area (Å²) < 4.78 is 2.07. The van der Waals surface area contributed by atoms with Gasteiger partial charge in [0.1, 0.15) is 0 Å². The van der Waals surface area contributed by atoms with Crippen molar-refractivity contribution >= 4 is 5.96 Å². The molecule has 5 heteroatoms. The number of guanidine groups is 1. The second-order valence-electron chi connectivity index (χ2n) is 5.83. The Kier molecular flexibility index (Phi) is 8.63. The number of rotatable bonds is 9. The Labute approximate surface area is 135 Å². The zero-order valence-corrected chi connectivity index (χ0v) is 14.9. The molecule has 0 saturated heterocycles. The summed E-state index contributed by atoms with van der Waals surface area (Å²) in [6.45, 7) is 14.4. The highest BCUT2D eigenvalue weighted by Gasteiger charge is 2.04. The summed E-state index contributed by atoms with van der Waals surface area (Å²) in [6, 6.07) is 2.12. The molecule has 0 spiro atoms. The van der Waals surface area contributed by atoms with Gasteiger partial charge in [0.25, 0.3) is 0 Å². The van der Waals surface area contributed by atoms with Gasteiger partial charge in [0.2, 0.25) is 0 Å². The summed E-state index contributed by atoms with van der Waals surface area (Å²) in [7, 11) is 0. The van der Waals surface area contributed by atoms with Crippen molar-refractivity contribution in [1.82, 2.24) is 20.4 Å². The number of hydrogen-bond donors (Lipinski definition) is 2. The lowest BCUT2D eigenvalue weighted by atomic mass is 10.0. The molecule has 1 rings (SSSR count). The van der Waals surface area contributed by atoms with Gasteiger partial charge in [0.05, 0.1) is 5.69 Å². The van der Waals surface area contributed by atoms with E-state index in [-0.39, 0.29) is 0 Å². The molecule has 0 unspecified atom stereocenters. The van der Waals surface area contributed by atoms with Crippen LogP contribution in [0.3, 0.4) is 0 Å². The maximum Gasteiger partial charge on any atom is 0.191 e. The third-order valence-electron chi connectivity index (χ3n) is 3.95. The molecule has 0 aliphatic rings. The fraction of sp³-hybridized carbons (Fsp3) is 0.765. The van der Waals surface area contributed by atoms with Crippen molar-refractivity contribution in [2.24, 2.45) is 10.9 Å². The highest BCUT2D eigenvalue weighted by molar-refractivity contribution is 5.79. The van der Waals surface area contributed by atoms with Crippen molar-refractivity contribution in [2.75, 3.05) is 19.6 Å². The summed E-state index contributed by atoms with van der Waals surface area (Å²) in [4.78, 5) is 4.69. The Hall–Kier alpha value is -1.52. The first-order chi connectivity index (χ1) is 10.6. The van der Waals surface area contributed by atoms with E-state index in [1.54, 1.807) is 0 Å². The van der Waals surface area contributed by atoms with E-state index in [1.165, 1.54) is 18.5 Å². The van der Waals surface area contributed by atoms with E-state index in [1.807, 2.05) is 6.92 Å². The molecule has 0 saturated carbocycles. The smallest absolute Gasteiger partial charge is 0.191 e. The maximum atomic E-state index is 4.69. The number of nitrogens with zero attached hydrogens (tertiary/aromatic N) is 3. The van der Waals surface area contributed by atoms with E-state index in [4.69, 9.17) is 4.99 Å². The molecule has 0 radical (unpaired) electrons. The fourth-order valence-electron chi connectivity index (χ4n) is 2.45. The molecule has 2 N–H and O–H groups in total. The van der Waals surface area contributed by atoms with Crippen LogP contribution >= 0.6 is 0 Å². The number of aromatic nitrogens is 2. The molecule has 0 aliphatic carbocycles. The van der Waals surface area contributed by atoms with Gasteiger partial charge in [-0.1, -0.05) is 26.7 Å². The van der Waals surface area contributed by atoms with Crippen molar-refractivity contribution in [2.45, 2.75) is 60.4 Å². The predicted molar refractivity (Wildman–Crippen MR) is 94.4 cm³/mol. The molecular weight excluding hydrogens is 274 g/mol. The minimum atomic E-state index is 0.685. The first kappa shape index (κ1) is 18.5. The van der Waals surface area contributed by atoms with Gasteiger partial charge in [-0.15, -0.1) is 0 Å². The standard InChI is InChI=1S/C17H33N5/c1-6-16(7-2)13-20-17(18-8-3)19-10-9-11-22-15(5)12-14(4)21-22/h12,16H,6-11,13H2,1-5H3,(H2,18,19,20). The molecule has 0 fully saturated rings. The van der Waals surface area contributed by atoms with Gasteiger partial charge in [-0.2, -0.15) is 5.10 Å². The molecule has 1 heterocycles. The average Bonchev–Trinajstić information content (AvgIpc) is 2.82. The predicted octanol–water partition coefficient (Wildman–Crippen LogP) is 2.88. The highest BCUT2D eigenvalue weighted by atomic mass is 15.3. The summed E-state index contributed by atoms with van der Waals surface area (Å²) in [6.07, 6.45) is 3.42. The highest BCUT2D eigenvalue weighted by Crippen LogP contribution is 2.07. The van der Waals surface area contributed by atoms with Crippen LogP contribution in [0.4, 0.5) is 0 Å². The van der Waals surface area contributed by atoms with Gasteiger partial charge >= 0.3 is 0 Å². The van der Waals surface area contributed by atoms with Crippen molar-refractivity contribution in [3.63, 3.8) is 0 Å². The van der Waals surface area contributed by atoms with E-state index in [9.17, 15) is 0 Å². The summed E-state index contributed by atoms with van der Waals surface area (Å²) in [5.41, 5.74) is 2.32. The van der Waals surface area contributed by atoms with Gasteiger partial charge in [-0.25, -0.2) is 0 Å². The number of aryl methyl sites for hydroxylation is 3. The third kappa shape index (κ3) is 6.50. The summed E-state index contributed by atoms with van der Waals surface area (Å²) in [5.74, 6) is 1.62. The zero-order valence-electron chi connectivity index (χ0n) is 14.9. The van der Waals surface area contributed by atoms with Crippen LogP contribution < -0.4 is 10.6 Å². The molecular formula is C17H33N5. The minimum Gasteiger partial charge on any atom is -0.357 e. The van der Waals surface area contributed by atoms with Gasteiger partial charge in [0.15, 0.2) is 5.96 Å². The van der Waals surface area contributed by atoms with Crippen molar-refractivity contribution in [3.8, 4) is 0 Å². The van der Waals surface area contributed by atoms with E-state index in [0.717, 1.165) is 44.3 Å². The lowest BCUT2D eigenvalue weighted by molar-refractivity contribution is 0.503. The molecule has 0 atom stereocenters. The first-order valence-corrected chi connectivity index (χ1v) is 8.63. The van der Waals surface area contributed by atoms with Crippen LogP contribution in [0.2, 0.25) is 0 Å². The number of hydrogen-bond acceptors (Lipinski definition) is 2. The summed E-state index contributed by atoms with van der Waals surface area (Å²) >= 11 is 0. The van der Waals surface area contributed by atoms with E-state index >= 15 is 0 Å². The van der Waals surface area contributed by atoms with Crippen LogP contribution in [-0.2, 0) is 6.54 Å². The Balaban J connectivity index is 2.37. The Morgan fingerprint density at radius 3 is 2.50 bits per heavy atom.